The van der Waals surface area contributed by atoms with Crippen LogP contribution < -0.4 is 10.2 Å². The first kappa shape index (κ1) is 20.9. The molecule has 0 heterocycles. The Morgan fingerprint density at radius 1 is 1.14 bits per heavy atom. The van der Waals surface area contributed by atoms with Gasteiger partial charge in [-0.25, -0.2) is 0 Å². The van der Waals surface area contributed by atoms with E-state index in [1.807, 2.05) is 0 Å². The molecular formula is C20H23N3O5. The highest BCUT2D eigenvalue weighted by Gasteiger charge is 2.20. The number of carbonyl (C=O) groups excluding carboxylic acids is 1. The SMILES string of the molecule is CC(=O)Oc1c(C)c(C)c(O)c(C)c1C/C(C)=N/Nc1ccc([N+](=O)[O-])cc1. The van der Waals surface area contributed by atoms with Gasteiger partial charge in [0.05, 0.1) is 10.6 Å². The number of ether oxygens (including phenoxy) is 1. The number of aromatic hydroxyl groups is 1. The van der Waals surface area contributed by atoms with Crippen LogP contribution in [0.2, 0.25) is 0 Å². The summed E-state index contributed by atoms with van der Waals surface area (Å²) >= 11 is 0. The normalized spacial score (nSPS) is 11.2. The molecule has 0 unspecified atom stereocenters. The summed E-state index contributed by atoms with van der Waals surface area (Å²) in [5.74, 6) is 0.164. The lowest BCUT2D eigenvalue weighted by Gasteiger charge is -2.18. The third-order valence-corrected chi connectivity index (χ3v) is 4.47. The van der Waals surface area contributed by atoms with Gasteiger partial charge in [0.1, 0.15) is 11.5 Å². The van der Waals surface area contributed by atoms with Crippen LogP contribution in [0.25, 0.3) is 0 Å². The predicted molar refractivity (Wildman–Crippen MR) is 107 cm³/mol. The Bertz CT molecular complexity index is 950. The van der Waals surface area contributed by atoms with Crippen LogP contribution in [0, 0.1) is 30.9 Å². The van der Waals surface area contributed by atoms with Crippen molar-refractivity contribution in [3.8, 4) is 11.5 Å². The van der Waals surface area contributed by atoms with Gasteiger partial charge in [0.25, 0.3) is 5.69 Å². The van der Waals surface area contributed by atoms with Crippen LogP contribution in [-0.2, 0) is 11.2 Å². The number of benzene rings is 2. The van der Waals surface area contributed by atoms with Gasteiger partial charge in [0.15, 0.2) is 0 Å². The predicted octanol–water partition coefficient (Wildman–Crippen LogP) is 4.18. The van der Waals surface area contributed by atoms with Crippen LogP contribution in [-0.4, -0.2) is 21.7 Å². The van der Waals surface area contributed by atoms with Crippen molar-refractivity contribution in [2.24, 2.45) is 5.10 Å². The lowest BCUT2D eigenvalue weighted by molar-refractivity contribution is -0.384. The minimum atomic E-state index is -0.468. The standard InChI is InChI=1S/C20H23N3O5/c1-11(21-22-16-6-8-17(9-7-16)23(26)27)10-18-14(4)19(25)12(2)13(3)20(18)28-15(5)24/h6-9,22,25H,10H2,1-5H3/b21-11+. The first-order chi connectivity index (χ1) is 13.1. The van der Waals surface area contributed by atoms with Gasteiger partial charge in [0.2, 0.25) is 0 Å². The van der Waals surface area contributed by atoms with Crippen molar-refractivity contribution >= 4 is 23.1 Å². The number of nitrogens with one attached hydrogen (secondary N) is 1. The molecular weight excluding hydrogens is 362 g/mol. The summed E-state index contributed by atoms with van der Waals surface area (Å²) in [7, 11) is 0. The first-order valence-electron chi connectivity index (χ1n) is 8.65. The summed E-state index contributed by atoms with van der Waals surface area (Å²) in [6, 6.07) is 5.90. The van der Waals surface area contributed by atoms with Crippen LogP contribution in [0.15, 0.2) is 29.4 Å². The summed E-state index contributed by atoms with van der Waals surface area (Å²) in [6.45, 7) is 8.45. The molecule has 0 saturated carbocycles. The summed E-state index contributed by atoms with van der Waals surface area (Å²) in [4.78, 5) is 21.8. The number of phenols is 1. The molecule has 0 atom stereocenters. The van der Waals surface area contributed by atoms with Gasteiger partial charge in [-0.15, -0.1) is 0 Å². The molecule has 0 spiro atoms. The topological polar surface area (TPSA) is 114 Å². The fourth-order valence-electron chi connectivity index (χ4n) is 2.78. The Kier molecular flexibility index (Phi) is 6.35. The number of phenolic OH excluding ortho intramolecular Hbond substituents is 1. The maximum Gasteiger partial charge on any atom is 0.308 e. The number of rotatable bonds is 6. The largest absolute Gasteiger partial charge is 0.507 e. The van der Waals surface area contributed by atoms with Gasteiger partial charge in [-0.2, -0.15) is 5.10 Å². The number of esters is 1. The van der Waals surface area contributed by atoms with Gasteiger partial charge in [-0.3, -0.25) is 20.3 Å². The fourth-order valence-corrected chi connectivity index (χ4v) is 2.78. The number of hydrogen-bond donors (Lipinski definition) is 2. The van der Waals surface area contributed by atoms with E-state index >= 15 is 0 Å². The Hall–Kier alpha value is -3.42. The first-order valence-corrected chi connectivity index (χ1v) is 8.65. The molecule has 0 aliphatic rings. The summed E-state index contributed by atoms with van der Waals surface area (Å²) in [5, 5.41) is 25.4. The van der Waals surface area contributed by atoms with Crippen molar-refractivity contribution in [1.82, 2.24) is 0 Å². The van der Waals surface area contributed by atoms with Crippen LogP contribution in [0.4, 0.5) is 11.4 Å². The summed E-state index contributed by atoms with van der Waals surface area (Å²) < 4.78 is 5.40. The highest BCUT2D eigenvalue weighted by molar-refractivity contribution is 5.87. The van der Waals surface area contributed by atoms with Gasteiger partial charge >= 0.3 is 5.97 Å². The molecule has 0 fully saturated rings. The Balaban J connectivity index is 2.29. The zero-order valence-electron chi connectivity index (χ0n) is 16.5. The molecule has 0 saturated heterocycles. The number of nitro benzene ring substituents is 1. The molecule has 28 heavy (non-hydrogen) atoms. The third kappa shape index (κ3) is 4.64. The Morgan fingerprint density at radius 3 is 2.29 bits per heavy atom. The van der Waals surface area contributed by atoms with E-state index in [1.165, 1.54) is 19.1 Å². The van der Waals surface area contributed by atoms with Crippen molar-refractivity contribution in [3.63, 3.8) is 0 Å². The number of non-ortho nitro benzene ring substituents is 1. The molecule has 2 N–H and O–H groups in total. The van der Waals surface area contributed by atoms with Crippen LogP contribution in [0.1, 0.15) is 36.1 Å². The lowest BCUT2D eigenvalue weighted by atomic mass is 9.94. The van der Waals surface area contributed by atoms with E-state index in [1.54, 1.807) is 39.8 Å². The lowest BCUT2D eigenvalue weighted by Crippen LogP contribution is -2.11. The molecule has 0 aliphatic carbocycles. The van der Waals surface area contributed by atoms with E-state index in [-0.39, 0.29) is 11.4 Å². The highest BCUT2D eigenvalue weighted by Crippen LogP contribution is 2.37. The summed E-state index contributed by atoms with van der Waals surface area (Å²) in [5.41, 5.74) is 6.80. The number of carbonyl (C=O) groups is 1. The van der Waals surface area contributed by atoms with Crippen molar-refractivity contribution in [1.29, 1.82) is 0 Å². The summed E-state index contributed by atoms with van der Waals surface area (Å²) in [6.07, 6.45) is 0.350. The average molecular weight is 385 g/mol. The van der Waals surface area contributed by atoms with E-state index in [9.17, 15) is 20.0 Å². The quantitative estimate of drug-likeness (QED) is 0.253. The minimum absolute atomic E-state index is 0.00138. The molecule has 2 aromatic carbocycles. The van der Waals surface area contributed by atoms with Crippen molar-refractivity contribution in [2.45, 2.75) is 41.0 Å². The number of hydrazone groups is 1. The molecule has 0 aromatic heterocycles. The molecule has 0 aliphatic heterocycles. The zero-order valence-corrected chi connectivity index (χ0v) is 16.5. The third-order valence-electron chi connectivity index (χ3n) is 4.47. The van der Waals surface area contributed by atoms with Gasteiger partial charge in [-0.1, -0.05) is 0 Å². The van der Waals surface area contributed by atoms with Crippen LogP contribution >= 0.6 is 0 Å². The molecule has 0 amide bonds. The second kappa shape index (κ2) is 8.51. The molecule has 0 radical (unpaired) electrons. The molecule has 2 aromatic rings. The molecule has 0 bridgehead atoms. The van der Waals surface area contributed by atoms with E-state index in [2.05, 4.69) is 10.5 Å². The number of anilines is 1. The second-order valence-corrected chi connectivity index (χ2v) is 6.56. The van der Waals surface area contributed by atoms with Crippen molar-refractivity contribution in [2.75, 3.05) is 5.43 Å². The maximum absolute atomic E-state index is 11.5. The van der Waals surface area contributed by atoms with Crippen molar-refractivity contribution in [3.05, 3.63) is 56.6 Å². The Morgan fingerprint density at radius 2 is 1.75 bits per heavy atom. The monoisotopic (exact) mass is 385 g/mol. The Labute approximate surface area is 163 Å². The molecule has 8 nitrogen and oxygen atoms in total. The van der Waals surface area contributed by atoms with Gasteiger partial charge in [0, 0.05) is 36.8 Å². The molecule has 8 heteroatoms. The van der Waals surface area contributed by atoms with Gasteiger partial charge in [-0.05, 0) is 56.5 Å². The number of nitro groups is 1. The maximum atomic E-state index is 11.5. The number of hydrogen-bond acceptors (Lipinski definition) is 7. The van der Waals surface area contributed by atoms with E-state index in [0.29, 0.717) is 45.8 Å². The molecule has 148 valence electrons. The van der Waals surface area contributed by atoms with E-state index in [0.717, 1.165) is 0 Å². The minimum Gasteiger partial charge on any atom is -0.507 e. The fraction of sp³-hybridized carbons (Fsp3) is 0.300. The van der Waals surface area contributed by atoms with Crippen molar-refractivity contribution < 1.29 is 19.6 Å². The van der Waals surface area contributed by atoms with Crippen LogP contribution in [0.5, 0.6) is 11.5 Å². The van der Waals surface area contributed by atoms with E-state index < -0.39 is 10.9 Å². The van der Waals surface area contributed by atoms with Crippen LogP contribution in [0.3, 0.4) is 0 Å². The highest BCUT2D eigenvalue weighted by atomic mass is 16.6. The average Bonchev–Trinajstić information content (AvgIpc) is 2.65. The second-order valence-electron chi connectivity index (χ2n) is 6.56. The molecule has 2 rings (SSSR count). The van der Waals surface area contributed by atoms with E-state index in [4.69, 9.17) is 4.74 Å². The van der Waals surface area contributed by atoms with Gasteiger partial charge < -0.3 is 9.84 Å². The smallest absolute Gasteiger partial charge is 0.308 e. The number of nitrogens with zero attached hydrogens (tertiary/aromatic N) is 2. The zero-order chi connectivity index (χ0) is 21.0.